The maximum atomic E-state index is 12.2. The van der Waals surface area contributed by atoms with Gasteiger partial charge in [0.15, 0.2) is 5.60 Å². The minimum Gasteiger partial charge on any atom is -0.479 e. The van der Waals surface area contributed by atoms with Gasteiger partial charge in [0.2, 0.25) is 0 Å². The van der Waals surface area contributed by atoms with Crippen LogP contribution in [-0.4, -0.2) is 34.2 Å². The van der Waals surface area contributed by atoms with Gasteiger partial charge in [-0.3, -0.25) is 4.79 Å². The Morgan fingerprint density at radius 2 is 1.88 bits per heavy atom. The topological polar surface area (TPSA) is 86.6 Å². The summed E-state index contributed by atoms with van der Waals surface area (Å²) in [6.45, 7) is 4.91. The Bertz CT molecular complexity index is 817. The van der Waals surface area contributed by atoms with Crippen LogP contribution in [0.3, 0.4) is 0 Å². The number of carbonyl (C=O) groups is 2. The number of carboxylic acids is 1. The van der Waals surface area contributed by atoms with Crippen LogP contribution in [0.5, 0.6) is 0 Å². The van der Waals surface area contributed by atoms with E-state index in [0.29, 0.717) is 5.56 Å². The fourth-order valence-electron chi connectivity index (χ4n) is 2.26. The number of aryl methyl sites for hydroxylation is 2. The third-order valence-electron chi connectivity index (χ3n) is 3.98. The molecule has 2 aromatic carbocycles. The van der Waals surface area contributed by atoms with E-state index in [2.05, 4.69) is 37.4 Å². The third kappa shape index (κ3) is 5.34. The monoisotopic (exact) mass is 373 g/mol. The second kappa shape index (κ2) is 8.38. The highest BCUT2D eigenvalue weighted by Gasteiger charge is 2.30. The second-order valence-corrected chi connectivity index (χ2v) is 7.54. The molecule has 2 aromatic rings. The minimum absolute atomic E-state index is 0.359. The molecule has 3 N–H and O–H groups in total. The van der Waals surface area contributed by atoms with Crippen LogP contribution in [0.1, 0.15) is 34.0 Å². The molecule has 26 heavy (non-hydrogen) atoms. The molecule has 138 valence electrons. The molecule has 0 bridgehead atoms. The van der Waals surface area contributed by atoms with Crippen molar-refractivity contribution in [2.45, 2.75) is 37.0 Å². The van der Waals surface area contributed by atoms with Gasteiger partial charge in [-0.1, -0.05) is 29.8 Å². The van der Waals surface area contributed by atoms with Crippen molar-refractivity contribution in [3.05, 3.63) is 64.7 Å². The Labute approximate surface area is 157 Å². The number of hydrogen-bond acceptors (Lipinski definition) is 4. The van der Waals surface area contributed by atoms with Crippen LogP contribution in [0.4, 0.5) is 0 Å². The molecule has 0 fully saturated rings. The van der Waals surface area contributed by atoms with Crippen molar-refractivity contribution >= 4 is 23.6 Å². The van der Waals surface area contributed by atoms with E-state index >= 15 is 0 Å². The average molecular weight is 373 g/mol. The number of carboxylic acid groups (broad SMARTS) is 1. The number of hydrogen-bond donors (Lipinski definition) is 3. The van der Waals surface area contributed by atoms with E-state index in [-0.39, 0.29) is 6.54 Å². The molecule has 0 heterocycles. The van der Waals surface area contributed by atoms with Crippen LogP contribution in [0, 0.1) is 13.8 Å². The molecule has 0 radical (unpaired) electrons. The summed E-state index contributed by atoms with van der Waals surface area (Å²) in [5.41, 5.74) is 1.85. The molecule has 0 saturated heterocycles. The number of aliphatic carboxylic acids is 1. The maximum absolute atomic E-state index is 12.2. The van der Waals surface area contributed by atoms with Crippen molar-refractivity contribution < 1.29 is 19.8 Å². The zero-order valence-electron chi connectivity index (χ0n) is 15.1. The summed E-state index contributed by atoms with van der Waals surface area (Å²) in [7, 11) is 0. The van der Waals surface area contributed by atoms with Gasteiger partial charge >= 0.3 is 5.97 Å². The standard InChI is InChI=1S/C20H23NO4S/c1-13-7-8-14(2)17(9-13)26-11-15-5-4-6-16(10-15)18(22)21-12-20(3,25)19(23)24/h4-10,25H,11-12H2,1-3H3,(H,21,22)(H,23,24). The van der Waals surface area contributed by atoms with Gasteiger partial charge in [0.25, 0.3) is 5.91 Å². The lowest BCUT2D eigenvalue weighted by molar-refractivity contribution is -0.155. The number of amides is 1. The van der Waals surface area contributed by atoms with E-state index in [0.717, 1.165) is 18.2 Å². The van der Waals surface area contributed by atoms with Crippen molar-refractivity contribution in [3.8, 4) is 0 Å². The molecule has 0 aliphatic rings. The predicted octanol–water partition coefficient (Wildman–Crippen LogP) is 3.16. The summed E-state index contributed by atoms with van der Waals surface area (Å²) >= 11 is 1.71. The SMILES string of the molecule is Cc1ccc(C)c(SCc2cccc(C(=O)NCC(C)(O)C(=O)O)c2)c1. The number of benzene rings is 2. The van der Waals surface area contributed by atoms with Crippen molar-refractivity contribution in [1.29, 1.82) is 0 Å². The Morgan fingerprint density at radius 3 is 2.58 bits per heavy atom. The van der Waals surface area contributed by atoms with Crippen molar-refractivity contribution in [1.82, 2.24) is 5.32 Å². The van der Waals surface area contributed by atoms with E-state index < -0.39 is 17.5 Å². The van der Waals surface area contributed by atoms with Gasteiger partial charge < -0.3 is 15.5 Å². The van der Waals surface area contributed by atoms with Gasteiger partial charge in [0.1, 0.15) is 0 Å². The van der Waals surface area contributed by atoms with Crippen LogP contribution < -0.4 is 5.32 Å². The van der Waals surface area contributed by atoms with Gasteiger partial charge in [-0.05, 0) is 50.1 Å². The number of aliphatic hydroxyl groups is 1. The van der Waals surface area contributed by atoms with Crippen LogP contribution in [0.15, 0.2) is 47.4 Å². The van der Waals surface area contributed by atoms with E-state index in [1.165, 1.54) is 16.0 Å². The van der Waals surface area contributed by atoms with E-state index in [1.54, 1.807) is 30.0 Å². The molecule has 0 spiro atoms. The van der Waals surface area contributed by atoms with Gasteiger partial charge in [0, 0.05) is 16.2 Å². The zero-order valence-corrected chi connectivity index (χ0v) is 15.9. The zero-order chi connectivity index (χ0) is 19.3. The molecule has 6 heteroatoms. The lowest BCUT2D eigenvalue weighted by Gasteiger charge is -2.18. The summed E-state index contributed by atoms with van der Waals surface area (Å²) in [6, 6.07) is 13.5. The van der Waals surface area contributed by atoms with E-state index in [1.807, 2.05) is 6.07 Å². The summed E-state index contributed by atoms with van der Waals surface area (Å²) in [5.74, 6) is -1.07. The first-order chi connectivity index (χ1) is 12.2. The molecule has 2 rings (SSSR count). The van der Waals surface area contributed by atoms with Gasteiger partial charge in [0.05, 0.1) is 6.54 Å². The maximum Gasteiger partial charge on any atom is 0.337 e. The summed E-state index contributed by atoms with van der Waals surface area (Å²) in [4.78, 5) is 24.3. The molecule has 0 aliphatic carbocycles. The van der Waals surface area contributed by atoms with Crippen molar-refractivity contribution in [2.24, 2.45) is 0 Å². The van der Waals surface area contributed by atoms with E-state index in [4.69, 9.17) is 5.11 Å². The highest BCUT2D eigenvalue weighted by atomic mass is 32.2. The average Bonchev–Trinajstić information content (AvgIpc) is 2.60. The smallest absolute Gasteiger partial charge is 0.337 e. The third-order valence-corrected chi connectivity index (χ3v) is 5.21. The quantitative estimate of drug-likeness (QED) is 0.649. The van der Waals surface area contributed by atoms with Crippen molar-refractivity contribution in [3.63, 3.8) is 0 Å². The normalized spacial score (nSPS) is 13.1. The lowest BCUT2D eigenvalue weighted by Crippen LogP contribution is -2.46. The summed E-state index contributed by atoms with van der Waals surface area (Å²) < 4.78 is 0. The molecule has 0 aromatic heterocycles. The molecular weight excluding hydrogens is 350 g/mol. The molecular formula is C20H23NO4S. The van der Waals surface area contributed by atoms with Gasteiger partial charge in [-0.2, -0.15) is 0 Å². The Balaban J connectivity index is 2.02. The highest BCUT2D eigenvalue weighted by Crippen LogP contribution is 2.27. The molecule has 0 saturated carbocycles. The molecule has 5 nitrogen and oxygen atoms in total. The molecule has 1 amide bonds. The van der Waals surface area contributed by atoms with Crippen LogP contribution in [0.25, 0.3) is 0 Å². The number of rotatable bonds is 7. The van der Waals surface area contributed by atoms with Crippen LogP contribution in [0.2, 0.25) is 0 Å². The summed E-state index contributed by atoms with van der Waals surface area (Å²) in [6.07, 6.45) is 0. The highest BCUT2D eigenvalue weighted by molar-refractivity contribution is 7.98. The molecule has 1 unspecified atom stereocenters. The van der Waals surface area contributed by atoms with E-state index in [9.17, 15) is 14.7 Å². The van der Waals surface area contributed by atoms with Crippen LogP contribution >= 0.6 is 11.8 Å². The second-order valence-electron chi connectivity index (χ2n) is 6.52. The van der Waals surface area contributed by atoms with Gasteiger partial charge in [-0.15, -0.1) is 11.8 Å². The number of nitrogens with one attached hydrogen (secondary N) is 1. The molecule has 1 atom stereocenters. The van der Waals surface area contributed by atoms with Crippen molar-refractivity contribution in [2.75, 3.05) is 6.54 Å². The number of carbonyl (C=O) groups excluding carboxylic acids is 1. The fraction of sp³-hybridized carbons (Fsp3) is 0.300. The van der Waals surface area contributed by atoms with Gasteiger partial charge in [-0.25, -0.2) is 4.79 Å². The van der Waals surface area contributed by atoms with Crippen LogP contribution in [-0.2, 0) is 10.5 Å². The lowest BCUT2D eigenvalue weighted by atomic mass is 10.1. The minimum atomic E-state index is -1.99. The Morgan fingerprint density at radius 1 is 1.15 bits per heavy atom. The predicted molar refractivity (Wildman–Crippen MR) is 103 cm³/mol. The Kier molecular flexibility index (Phi) is 6.45. The molecule has 0 aliphatic heterocycles. The largest absolute Gasteiger partial charge is 0.479 e. The Hall–Kier alpha value is -2.31. The fourth-order valence-corrected chi connectivity index (χ4v) is 3.32. The summed E-state index contributed by atoms with van der Waals surface area (Å²) in [5, 5.41) is 21.0. The first-order valence-corrected chi connectivity index (χ1v) is 9.20. The number of thioether (sulfide) groups is 1. The first-order valence-electron chi connectivity index (χ1n) is 8.22. The first kappa shape index (κ1) is 20.0.